The molecule has 0 amide bonds. The number of hydrogen-bond acceptors (Lipinski definition) is 2. The SMILES string of the molecule is CC(C)c1ccc(CN(C(=S)NCC[NH+]2CCOCC2)C2CC2)cc1. The largest absolute Gasteiger partial charge is 0.370 e. The number of nitrogens with one attached hydrogen (secondary N) is 2. The molecule has 1 aromatic carbocycles. The van der Waals surface area contributed by atoms with Gasteiger partial charge in [-0.05, 0) is 42.1 Å². The molecule has 0 bridgehead atoms. The molecule has 1 aliphatic heterocycles. The summed E-state index contributed by atoms with van der Waals surface area (Å²) >= 11 is 5.71. The van der Waals surface area contributed by atoms with Crippen LogP contribution in [0.15, 0.2) is 24.3 Å². The molecule has 2 N–H and O–H groups in total. The van der Waals surface area contributed by atoms with Crippen LogP contribution in [0, 0.1) is 0 Å². The molecule has 25 heavy (non-hydrogen) atoms. The van der Waals surface area contributed by atoms with Gasteiger partial charge in [0.2, 0.25) is 0 Å². The lowest BCUT2D eigenvalue weighted by molar-refractivity contribution is -0.906. The first-order chi connectivity index (χ1) is 12.1. The molecule has 0 aromatic heterocycles. The second kappa shape index (κ2) is 8.97. The summed E-state index contributed by atoms with van der Waals surface area (Å²) in [6.07, 6.45) is 2.53. The smallest absolute Gasteiger partial charge is 0.169 e. The van der Waals surface area contributed by atoms with Crippen molar-refractivity contribution in [1.29, 1.82) is 0 Å². The van der Waals surface area contributed by atoms with Crippen molar-refractivity contribution >= 4 is 17.3 Å². The second-order valence-corrected chi connectivity index (χ2v) is 7.99. The zero-order valence-corrected chi connectivity index (χ0v) is 16.4. The van der Waals surface area contributed by atoms with Gasteiger partial charge >= 0.3 is 0 Å². The van der Waals surface area contributed by atoms with E-state index in [0.29, 0.717) is 12.0 Å². The lowest BCUT2D eigenvalue weighted by Crippen LogP contribution is -3.14. The maximum atomic E-state index is 5.71. The Bertz CT molecular complexity index is 551. The molecule has 2 fully saturated rings. The third kappa shape index (κ3) is 5.66. The number of quaternary nitrogens is 1. The van der Waals surface area contributed by atoms with Crippen LogP contribution in [0.3, 0.4) is 0 Å². The molecule has 1 aromatic rings. The van der Waals surface area contributed by atoms with Crippen molar-refractivity contribution in [2.24, 2.45) is 0 Å². The Kier molecular flexibility index (Phi) is 6.68. The van der Waals surface area contributed by atoms with Crippen LogP contribution >= 0.6 is 12.2 Å². The average molecular weight is 363 g/mol. The first-order valence-electron chi connectivity index (χ1n) is 9.68. The molecule has 5 heteroatoms. The van der Waals surface area contributed by atoms with Gasteiger partial charge in [-0.15, -0.1) is 0 Å². The van der Waals surface area contributed by atoms with E-state index in [4.69, 9.17) is 17.0 Å². The van der Waals surface area contributed by atoms with Gasteiger partial charge in [0.1, 0.15) is 13.1 Å². The van der Waals surface area contributed by atoms with E-state index in [0.717, 1.165) is 51.0 Å². The number of benzene rings is 1. The van der Waals surface area contributed by atoms with Gasteiger partial charge in [0, 0.05) is 12.6 Å². The van der Waals surface area contributed by atoms with Gasteiger partial charge in [0.15, 0.2) is 5.11 Å². The van der Waals surface area contributed by atoms with Crippen molar-refractivity contribution in [3.05, 3.63) is 35.4 Å². The van der Waals surface area contributed by atoms with Gasteiger partial charge in [-0.2, -0.15) is 0 Å². The summed E-state index contributed by atoms with van der Waals surface area (Å²) in [6, 6.07) is 9.64. The summed E-state index contributed by atoms with van der Waals surface area (Å²) in [6.45, 7) is 11.5. The Balaban J connectivity index is 1.49. The van der Waals surface area contributed by atoms with E-state index in [2.05, 4.69) is 48.3 Å². The third-order valence-electron chi connectivity index (χ3n) is 5.20. The van der Waals surface area contributed by atoms with Gasteiger partial charge < -0.3 is 19.9 Å². The highest BCUT2D eigenvalue weighted by Gasteiger charge is 2.30. The quantitative estimate of drug-likeness (QED) is 0.721. The van der Waals surface area contributed by atoms with Crippen LogP contribution in [0.5, 0.6) is 0 Å². The number of nitrogens with zero attached hydrogens (tertiary/aromatic N) is 1. The van der Waals surface area contributed by atoms with Crippen molar-refractivity contribution in [2.45, 2.75) is 45.2 Å². The molecule has 0 atom stereocenters. The van der Waals surface area contributed by atoms with Crippen LogP contribution in [-0.2, 0) is 11.3 Å². The summed E-state index contributed by atoms with van der Waals surface area (Å²) in [4.78, 5) is 4.00. The van der Waals surface area contributed by atoms with Crippen molar-refractivity contribution in [1.82, 2.24) is 10.2 Å². The summed E-state index contributed by atoms with van der Waals surface area (Å²) in [7, 11) is 0. The number of ether oxygens (including phenoxy) is 1. The Morgan fingerprint density at radius 2 is 1.92 bits per heavy atom. The molecule has 3 rings (SSSR count). The fraction of sp³-hybridized carbons (Fsp3) is 0.650. The van der Waals surface area contributed by atoms with Gasteiger partial charge in [-0.1, -0.05) is 38.1 Å². The van der Waals surface area contributed by atoms with Crippen molar-refractivity contribution in [3.8, 4) is 0 Å². The van der Waals surface area contributed by atoms with Crippen LogP contribution in [0.1, 0.15) is 43.7 Å². The van der Waals surface area contributed by atoms with E-state index in [-0.39, 0.29) is 0 Å². The van der Waals surface area contributed by atoms with E-state index in [9.17, 15) is 0 Å². The van der Waals surface area contributed by atoms with Crippen molar-refractivity contribution < 1.29 is 9.64 Å². The minimum absolute atomic E-state index is 0.582. The van der Waals surface area contributed by atoms with Crippen LogP contribution in [-0.4, -0.2) is 55.4 Å². The molecule has 1 heterocycles. The molecule has 1 saturated heterocycles. The number of rotatable bonds is 7. The maximum Gasteiger partial charge on any atom is 0.169 e. The molecule has 0 spiro atoms. The number of hydrogen-bond donors (Lipinski definition) is 2. The Morgan fingerprint density at radius 3 is 2.52 bits per heavy atom. The molecule has 138 valence electrons. The van der Waals surface area contributed by atoms with Gasteiger partial charge in [-0.25, -0.2) is 0 Å². The summed E-state index contributed by atoms with van der Waals surface area (Å²) in [5.41, 5.74) is 2.75. The zero-order chi connectivity index (χ0) is 17.6. The van der Waals surface area contributed by atoms with Gasteiger partial charge in [0.25, 0.3) is 0 Å². The first-order valence-corrected chi connectivity index (χ1v) is 10.1. The highest BCUT2D eigenvalue weighted by molar-refractivity contribution is 7.80. The van der Waals surface area contributed by atoms with Gasteiger partial charge in [0.05, 0.1) is 26.3 Å². The molecular formula is C20H32N3OS+. The maximum absolute atomic E-state index is 5.71. The Morgan fingerprint density at radius 1 is 1.24 bits per heavy atom. The van der Waals surface area contributed by atoms with E-state index in [1.54, 1.807) is 4.90 Å². The molecular weight excluding hydrogens is 330 g/mol. The summed E-state index contributed by atoms with van der Waals surface area (Å²) < 4.78 is 5.42. The van der Waals surface area contributed by atoms with E-state index in [1.807, 2.05) is 0 Å². The molecule has 0 radical (unpaired) electrons. The van der Waals surface area contributed by atoms with Crippen LogP contribution < -0.4 is 10.2 Å². The predicted octanol–water partition coefficient (Wildman–Crippen LogP) is 1.56. The number of thiocarbonyl (C=S) groups is 1. The fourth-order valence-corrected chi connectivity index (χ4v) is 3.63. The fourth-order valence-electron chi connectivity index (χ4n) is 3.32. The summed E-state index contributed by atoms with van der Waals surface area (Å²) in [5, 5.41) is 4.42. The second-order valence-electron chi connectivity index (χ2n) is 7.60. The zero-order valence-electron chi connectivity index (χ0n) is 15.6. The van der Waals surface area contributed by atoms with Crippen LogP contribution in [0.4, 0.5) is 0 Å². The highest BCUT2D eigenvalue weighted by Crippen LogP contribution is 2.28. The normalized spacial score (nSPS) is 18.4. The molecule has 4 nitrogen and oxygen atoms in total. The van der Waals surface area contributed by atoms with Crippen LogP contribution in [0.2, 0.25) is 0 Å². The monoisotopic (exact) mass is 362 g/mol. The topological polar surface area (TPSA) is 28.9 Å². The lowest BCUT2D eigenvalue weighted by Gasteiger charge is -2.28. The summed E-state index contributed by atoms with van der Waals surface area (Å²) in [5.74, 6) is 0.582. The number of morpholine rings is 1. The minimum atomic E-state index is 0.582. The lowest BCUT2D eigenvalue weighted by atomic mass is 10.0. The van der Waals surface area contributed by atoms with Crippen molar-refractivity contribution in [3.63, 3.8) is 0 Å². The molecule has 1 saturated carbocycles. The molecule has 1 aliphatic carbocycles. The Labute approximate surface area is 157 Å². The van der Waals surface area contributed by atoms with E-state index < -0.39 is 0 Å². The van der Waals surface area contributed by atoms with E-state index >= 15 is 0 Å². The third-order valence-corrected chi connectivity index (χ3v) is 5.58. The van der Waals surface area contributed by atoms with E-state index in [1.165, 1.54) is 24.0 Å². The van der Waals surface area contributed by atoms with Crippen LogP contribution in [0.25, 0.3) is 0 Å². The predicted molar refractivity (Wildman–Crippen MR) is 106 cm³/mol. The first kappa shape index (κ1) is 18.6. The van der Waals surface area contributed by atoms with Gasteiger partial charge in [-0.3, -0.25) is 0 Å². The minimum Gasteiger partial charge on any atom is -0.370 e. The van der Waals surface area contributed by atoms with Crippen molar-refractivity contribution in [2.75, 3.05) is 39.4 Å². The highest BCUT2D eigenvalue weighted by atomic mass is 32.1. The molecule has 2 aliphatic rings. The standard InChI is InChI=1S/C20H31N3OS/c1-16(2)18-5-3-17(4-6-18)15-23(19-7-8-19)20(25)21-9-10-22-11-13-24-14-12-22/h3-6,16,19H,7-15H2,1-2H3,(H,21,25)/p+1. The average Bonchev–Trinajstić information content (AvgIpc) is 3.46. The molecule has 0 unspecified atom stereocenters. The Hall–Kier alpha value is -1.17.